The Hall–Kier alpha value is -2.27. The summed E-state index contributed by atoms with van der Waals surface area (Å²) in [6, 6.07) is 10.5. The van der Waals surface area contributed by atoms with E-state index in [0.717, 1.165) is 10.8 Å². The topological polar surface area (TPSA) is 78.8 Å². The van der Waals surface area contributed by atoms with Gasteiger partial charge in [0.25, 0.3) is 0 Å². The zero-order valence-corrected chi connectivity index (χ0v) is 9.59. The van der Waals surface area contributed by atoms with Crippen molar-refractivity contribution in [3.05, 3.63) is 36.4 Å². The minimum absolute atomic E-state index is 0.0872. The molecule has 2 aromatic carbocycles. The van der Waals surface area contributed by atoms with E-state index in [4.69, 9.17) is 9.84 Å². The highest BCUT2D eigenvalue weighted by molar-refractivity contribution is 5.86. The number of nitrogens with one attached hydrogen (secondary N) is 1. The largest absolute Gasteiger partial charge is 0.504 e. The highest BCUT2D eigenvalue weighted by Gasteiger charge is 2.09. The smallest absolute Gasteiger partial charge is 0.412 e. The molecule has 2 aromatic rings. The Bertz CT molecular complexity index is 568. The zero-order valence-electron chi connectivity index (χ0n) is 9.59. The fourth-order valence-corrected chi connectivity index (χ4v) is 1.58. The summed E-state index contributed by atoms with van der Waals surface area (Å²) in [7, 11) is 0. The zero-order chi connectivity index (χ0) is 13.0. The van der Waals surface area contributed by atoms with E-state index in [1.165, 1.54) is 6.07 Å². The van der Waals surface area contributed by atoms with Crippen LogP contribution in [0.1, 0.15) is 0 Å². The van der Waals surface area contributed by atoms with Crippen LogP contribution in [0, 0.1) is 0 Å². The molecule has 0 saturated carbocycles. The van der Waals surface area contributed by atoms with E-state index in [1.807, 2.05) is 24.3 Å². The molecule has 0 bridgehead atoms. The van der Waals surface area contributed by atoms with Crippen molar-refractivity contribution in [3.63, 3.8) is 0 Å². The summed E-state index contributed by atoms with van der Waals surface area (Å²) in [6.07, 6.45) is -0.713. The van der Waals surface area contributed by atoms with Gasteiger partial charge in [0.1, 0.15) is 0 Å². The lowest BCUT2D eigenvalue weighted by Crippen LogP contribution is -2.29. The second-order valence-corrected chi connectivity index (χ2v) is 3.71. The summed E-state index contributed by atoms with van der Waals surface area (Å²) in [6.45, 7) is -0.0635. The van der Waals surface area contributed by atoms with Gasteiger partial charge in [0.15, 0.2) is 11.5 Å². The van der Waals surface area contributed by atoms with Crippen LogP contribution in [-0.4, -0.2) is 29.5 Å². The fraction of sp³-hybridized carbons (Fsp3) is 0.154. The van der Waals surface area contributed by atoms with Crippen molar-refractivity contribution in [1.82, 2.24) is 5.32 Å². The van der Waals surface area contributed by atoms with Gasteiger partial charge in [-0.05, 0) is 22.9 Å². The van der Waals surface area contributed by atoms with Crippen molar-refractivity contribution in [2.45, 2.75) is 0 Å². The summed E-state index contributed by atoms with van der Waals surface area (Å²) in [4.78, 5) is 11.3. The van der Waals surface area contributed by atoms with E-state index in [9.17, 15) is 9.90 Å². The Morgan fingerprint density at radius 3 is 2.56 bits per heavy atom. The Balaban J connectivity index is 2.22. The van der Waals surface area contributed by atoms with Crippen LogP contribution in [0.4, 0.5) is 4.79 Å². The van der Waals surface area contributed by atoms with Crippen LogP contribution in [0.25, 0.3) is 10.8 Å². The number of carbonyl (C=O) groups excluding carboxylic acids is 1. The average molecular weight is 247 g/mol. The molecule has 0 fully saturated rings. The van der Waals surface area contributed by atoms with Gasteiger partial charge in [0, 0.05) is 6.54 Å². The second-order valence-electron chi connectivity index (χ2n) is 3.71. The first-order valence-electron chi connectivity index (χ1n) is 5.49. The molecular weight excluding hydrogens is 234 g/mol. The van der Waals surface area contributed by atoms with Crippen molar-refractivity contribution in [2.75, 3.05) is 13.2 Å². The number of aliphatic hydroxyl groups is 1. The predicted molar refractivity (Wildman–Crippen MR) is 66.7 cm³/mol. The molecule has 0 radical (unpaired) electrons. The van der Waals surface area contributed by atoms with Crippen LogP contribution < -0.4 is 10.1 Å². The van der Waals surface area contributed by atoms with Gasteiger partial charge in [-0.15, -0.1) is 0 Å². The Labute approximate surface area is 104 Å². The third-order valence-electron chi connectivity index (χ3n) is 2.41. The third kappa shape index (κ3) is 2.70. The Morgan fingerprint density at radius 1 is 1.22 bits per heavy atom. The number of aliphatic hydroxyl groups excluding tert-OH is 1. The van der Waals surface area contributed by atoms with Crippen molar-refractivity contribution in [1.29, 1.82) is 0 Å². The number of hydrogen-bond donors (Lipinski definition) is 3. The molecule has 1 amide bonds. The number of phenolic OH excluding ortho intramolecular Hbond substituents is 1. The molecule has 0 atom stereocenters. The minimum atomic E-state index is -0.713. The van der Waals surface area contributed by atoms with E-state index in [2.05, 4.69) is 5.32 Å². The van der Waals surface area contributed by atoms with Gasteiger partial charge in [-0.1, -0.05) is 24.3 Å². The maximum Gasteiger partial charge on any atom is 0.412 e. The third-order valence-corrected chi connectivity index (χ3v) is 2.41. The molecule has 0 aliphatic heterocycles. The van der Waals surface area contributed by atoms with Crippen LogP contribution >= 0.6 is 0 Å². The van der Waals surface area contributed by atoms with E-state index >= 15 is 0 Å². The number of amides is 1. The fourth-order valence-electron chi connectivity index (χ4n) is 1.58. The van der Waals surface area contributed by atoms with E-state index in [0.29, 0.717) is 0 Å². The van der Waals surface area contributed by atoms with Crippen molar-refractivity contribution in [3.8, 4) is 11.5 Å². The van der Waals surface area contributed by atoms with Crippen molar-refractivity contribution < 1.29 is 19.7 Å². The quantitative estimate of drug-likeness (QED) is 0.770. The summed E-state index contributed by atoms with van der Waals surface area (Å²) in [5.41, 5.74) is 0. The Morgan fingerprint density at radius 2 is 1.89 bits per heavy atom. The van der Waals surface area contributed by atoms with Crippen molar-refractivity contribution >= 4 is 16.9 Å². The van der Waals surface area contributed by atoms with Gasteiger partial charge in [0.2, 0.25) is 0 Å². The number of hydrogen-bond acceptors (Lipinski definition) is 4. The molecule has 0 aromatic heterocycles. The van der Waals surface area contributed by atoms with Gasteiger partial charge in [0.05, 0.1) is 6.61 Å². The van der Waals surface area contributed by atoms with Gasteiger partial charge >= 0.3 is 6.09 Å². The average Bonchev–Trinajstić information content (AvgIpc) is 2.37. The SMILES string of the molecule is O=C(NCCO)Oc1cc2ccccc2cc1O. The molecule has 3 N–H and O–H groups in total. The van der Waals surface area contributed by atoms with Crippen LogP contribution in [0.15, 0.2) is 36.4 Å². The molecule has 0 aliphatic carbocycles. The van der Waals surface area contributed by atoms with Crippen LogP contribution in [0.2, 0.25) is 0 Å². The highest BCUT2D eigenvalue weighted by atomic mass is 16.6. The summed E-state index contributed by atoms with van der Waals surface area (Å²) in [5.74, 6) is -0.0167. The molecule has 0 heterocycles. The minimum Gasteiger partial charge on any atom is -0.504 e. The van der Waals surface area contributed by atoms with Crippen molar-refractivity contribution in [2.24, 2.45) is 0 Å². The molecule has 18 heavy (non-hydrogen) atoms. The van der Waals surface area contributed by atoms with E-state index < -0.39 is 6.09 Å². The predicted octanol–water partition coefficient (Wildman–Crippen LogP) is 1.63. The maximum absolute atomic E-state index is 11.3. The Kier molecular flexibility index (Phi) is 3.64. The first-order chi connectivity index (χ1) is 8.70. The van der Waals surface area contributed by atoms with Crippen LogP contribution in [-0.2, 0) is 0 Å². The number of ether oxygens (including phenoxy) is 1. The number of fused-ring (bicyclic) bond motifs is 1. The number of rotatable bonds is 3. The molecule has 0 saturated heterocycles. The van der Waals surface area contributed by atoms with Crippen LogP contribution in [0.5, 0.6) is 11.5 Å². The molecule has 94 valence electrons. The maximum atomic E-state index is 11.3. The molecule has 0 aliphatic rings. The van der Waals surface area contributed by atoms with Crippen LogP contribution in [0.3, 0.4) is 0 Å². The standard InChI is InChI=1S/C13H13NO4/c15-6-5-14-13(17)18-12-8-10-4-2-1-3-9(10)7-11(12)16/h1-4,7-8,15-16H,5-6H2,(H,14,17). The summed E-state index contributed by atoms with van der Waals surface area (Å²) >= 11 is 0. The van der Waals surface area contributed by atoms with E-state index in [1.54, 1.807) is 6.07 Å². The van der Waals surface area contributed by atoms with E-state index in [-0.39, 0.29) is 24.7 Å². The lowest BCUT2D eigenvalue weighted by Gasteiger charge is -2.08. The molecule has 2 rings (SSSR count). The number of benzene rings is 2. The molecule has 0 unspecified atom stereocenters. The number of phenols is 1. The molecule has 5 nitrogen and oxygen atoms in total. The van der Waals surface area contributed by atoms with Gasteiger partial charge in [-0.2, -0.15) is 0 Å². The lowest BCUT2D eigenvalue weighted by molar-refractivity contribution is 0.194. The monoisotopic (exact) mass is 247 g/mol. The molecule has 0 spiro atoms. The van der Waals surface area contributed by atoms with Gasteiger partial charge < -0.3 is 20.3 Å². The summed E-state index contributed by atoms with van der Waals surface area (Å²) in [5, 5.41) is 22.3. The first-order valence-corrected chi connectivity index (χ1v) is 5.49. The van der Waals surface area contributed by atoms with Gasteiger partial charge in [-0.25, -0.2) is 4.79 Å². The number of aromatic hydroxyl groups is 1. The number of carbonyl (C=O) groups is 1. The normalized spacial score (nSPS) is 10.3. The first kappa shape index (κ1) is 12.2. The van der Waals surface area contributed by atoms with Gasteiger partial charge in [-0.3, -0.25) is 0 Å². The highest BCUT2D eigenvalue weighted by Crippen LogP contribution is 2.31. The summed E-state index contributed by atoms with van der Waals surface area (Å²) < 4.78 is 4.94. The second kappa shape index (κ2) is 5.37. The lowest BCUT2D eigenvalue weighted by atomic mass is 10.1. The molecular formula is C13H13NO4. The molecule has 5 heteroatoms.